The largest absolute Gasteiger partial charge is 1.00 e. The third-order valence-corrected chi connectivity index (χ3v) is 2.67. The van der Waals surface area contributed by atoms with Crippen molar-refractivity contribution in [1.29, 1.82) is 0 Å². The van der Waals surface area contributed by atoms with Crippen LogP contribution in [0, 0.1) is 0 Å². The zero-order chi connectivity index (χ0) is 11.0. The van der Waals surface area contributed by atoms with Gasteiger partial charge in [0, 0.05) is 5.02 Å². The molecule has 0 aliphatic rings. The Kier molecular flexibility index (Phi) is 4.65. The topological polar surface area (TPSA) is 37.3 Å². The van der Waals surface area contributed by atoms with E-state index >= 15 is 0 Å². The SMILES string of the molecule is O=C(O)c1cc2cc(Cl)ccc2cc1Cl.[H-].[Na+]. The number of benzene rings is 2. The van der Waals surface area contributed by atoms with E-state index in [2.05, 4.69) is 0 Å². The molecule has 0 fully saturated rings. The molecule has 16 heavy (non-hydrogen) atoms. The van der Waals surface area contributed by atoms with Gasteiger partial charge in [-0.3, -0.25) is 0 Å². The van der Waals surface area contributed by atoms with Gasteiger partial charge in [0.05, 0.1) is 10.6 Å². The molecule has 2 nitrogen and oxygen atoms in total. The number of hydrogen-bond acceptors (Lipinski definition) is 1. The van der Waals surface area contributed by atoms with Gasteiger partial charge in [0.25, 0.3) is 0 Å². The minimum Gasteiger partial charge on any atom is -1.00 e. The molecule has 5 heteroatoms. The number of rotatable bonds is 1. The standard InChI is InChI=1S/C11H6Cl2O2.Na.H/c12-8-2-1-6-5-10(13)9(11(14)15)4-7(6)3-8;;/h1-5H,(H,14,15);;/q;+1;-1. The molecule has 2 rings (SSSR count). The van der Waals surface area contributed by atoms with Gasteiger partial charge in [-0.1, -0.05) is 29.3 Å². The van der Waals surface area contributed by atoms with E-state index in [-0.39, 0.29) is 41.6 Å². The third kappa shape index (κ3) is 2.70. The van der Waals surface area contributed by atoms with Crippen molar-refractivity contribution >= 4 is 39.9 Å². The number of hydrogen-bond donors (Lipinski definition) is 1. The number of fused-ring (bicyclic) bond motifs is 1. The first-order valence-corrected chi connectivity index (χ1v) is 4.95. The first-order chi connectivity index (χ1) is 7.08. The van der Waals surface area contributed by atoms with Crippen LogP contribution in [0.25, 0.3) is 10.8 Å². The second-order valence-electron chi connectivity index (χ2n) is 3.13. The van der Waals surface area contributed by atoms with E-state index in [1.54, 1.807) is 24.3 Å². The molecule has 0 aliphatic carbocycles. The minimum atomic E-state index is -1.04. The average Bonchev–Trinajstić information content (AvgIpc) is 2.17. The molecular formula is C11H7Cl2NaO2. The summed E-state index contributed by atoms with van der Waals surface area (Å²) in [5.74, 6) is -1.04. The summed E-state index contributed by atoms with van der Waals surface area (Å²) >= 11 is 11.6. The predicted molar refractivity (Wildman–Crippen MR) is 62.0 cm³/mol. The number of carboxylic acid groups (broad SMARTS) is 1. The summed E-state index contributed by atoms with van der Waals surface area (Å²) < 4.78 is 0. The summed E-state index contributed by atoms with van der Waals surface area (Å²) in [5.41, 5.74) is 0.0893. The molecule has 0 aliphatic heterocycles. The fourth-order valence-electron chi connectivity index (χ4n) is 1.40. The van der Waals surface area contributed by atoms with Gasteiger partial charge < -0.3 is 6.53 Å². The molecule has 2 aromatic carbocycles. The van der Waals surface area contributed by atoms with Crippen LogP contribution in [0.15, 0.2) is 30.3 Å². The summed E-state index contributed by atoms with van der Waals surface area (Å²) in [6.07, 6.45) is 0. The van der Waals surface area contributed by atoms with Crippen LogP contribution in [0.2, 0.25) is 10.0 Å². The van der Waals surface area contributed by atoms with Gasteiger partial charge in [0.15, 0.2) is 0 Å². The van der Waals surface area contributed by atoms with Crippen LogP contribution in [0.1, 0.15) is 11.8 Å². The van der Waals surface area contributed by atoms with Crippen LogP contribution in [0.3, 0.4) is 0 Å². The van der Waals surface area contributed by atoms with Gasteiger partial charge in [-0.15, -0.1) is 0 Å². The number of carboxylic acids is 1. The van der Waals surface area contributed by atoms with Gasteiger partial charge in [-0.2, -0.15) is 0 Å². The summed E-state index contributed by atoms with van der Waals surface area (Å²) in [5, 5.41) is 11.3. The summed E-state index contributed by atoms with van der Waals surface area (Å²) in [6, 6.07) is 8.39. The van der Waals surface area contributed by atoms with Crippen molar-refractivity contribution < 1.29 is 40.9 Å². The van der Waals surface area contributed by atoms with Crippen molar-refractivity contribution in [2.45, 2.75) is 0 Å². The van der Waals surface area contributed by atoms with Gasteiger partial charge >= 0.3 is 35.5 Å². The smallest absolute Gasteiger partial charge is 1.00 e. The Morgan fingerprint density at radius 1 is 1.12 bits per heavy atom. The zero-order valence-corrected chi connectivity index (χ0v) is 12.0. The van der Waals surface area contributed by atoms with Crippen molar-refractivity contribution in [2.24, 2.45) is 0 Å². The fourth-order valence-corrected chi connectivity index (χ4v) is 1.84. The summed E-state index contributed by atoms with van der Waals surface area (Å²) in [7, 11) is 0. The van der Waals surface area contributed by atoms with E-state index < -0.39 is 5.97 Å². The van der Waals surface area contributed by atoms with E-state index in [9.17, 15) is 4.79 Å². The third-order valence-electron chi connectivity index (χ3n) is 2.12. The number of halogens is 2. The van der Waals surface area contributed by atoms with Crippen molar-refractivity contribution in [2.75, 3.05) is 0 Å². The zero-order valence-electron chi connectivity index (χ0n) is 9.50. The molecule has 78 valence electrons. The van der Waals surface area contributed by atoms with Crippen molar-refractivity contribution in [3.05, 3.63) is 45.9 Å². The van der Waals surface area contributed by atoms with E-state index in [0.717, 1.165) is 10.8 Å². The molecular weight excluding hydrogens is 258 g/mol. The van der Waals surface area contributed by atoms with Crippen LogP contribution in [-0.2, 0) is 0 Å². The van der Waals surface area contributed by atoms with Gasteiger partial charge in [-0.05, 0) is 35.0 Å². The molecule has 0 amide bonds. The predicted octanol–water partition coefficient (Wildman–Crippen LogP) is 0.961. The second kappa shape index (κ2) is 5.39. The summed E-state index contributed by atoms with van der Waals surface area (Å²) in [6.45, 7) is 0. The Morgan fingerprint density at radius 3 is 2.44 bits per heavy atom. The number of carbonyl (C=O) groups is 1. The Bertz CT molecular complexity index is 560. The Labute approximate surface area is 126 Å². The normalized spacial score (nSPS) is 9.88. The molecule has 0 spiro atoms. The second-order valence-corrected chi connectivity index (χ2v) is 3.97. The first kappa shape index (κ1) is 13.8. The molecule has 0 radical (unpaired) electrons. The van der Waals surface area contributed by atoms with Crippen molar-refractivity contribution in [3.8, 4) is 0 Å². The molecule has 0 saturated heterocycles. The Morgan fingerprint density at radius 2 is 1.81 bits per heavy atom. The fraction of sp³-hybridized carbons (Fsp3) is 0. The maximum absolute atomic E-state index is 10.8. The summed E-state index contributed by atoms with van der Waals surface area (Å²) in [4.78, 5) is 10.8. The van der Waals surface area contributed by atoms with Crippen LogP contribution >= 0.6 is 23.2 Å². The Hall–Kier alpha value is -0.250. The van der Waals surface area contributed by atoms with Gasteiger partial charge in [0.2, 0.25) is 0 Å². The molecule has 2 aromatic rings. The van der Waals surface area contributed by atoms with Crippen LogP contribution in [0.5, 0.6) is 0 Å². The van der Waals surface area contributed by atoms with Crippen LogP contribution < -0.4 is 29.6 Å². The van der Waals surface area contributed by atoms with Crippen LogP contribution in [-0.4, -0.2) is 11.1 Å². The van der Waals surface area contributed by atoms with Crippen molar-refractivity contribution in [3.63, 3.8) is 0 Å². The van der Waals surface area contributed by atoms with E-state index in [1.807, 2.05) is 0 Å². The molecule has 0 unspecified atom stereocenters. The average molecular weight is 265 g/mol. The molecule has 0 heterocycles. The monoisotopic (exact) mass is 264 g/mol. The number of aromatic carboxylic acids is 1. The van der Waals surface area contributed by atoms with Crippen molar-refractivity contribution in [1.82, 2.24) is 0 Å². The van der Waals surface area contributed by atoms with Crippen LogP contribution in [0.4, 0.5) is 0 Å². The minimum absolute atomic E-state index is 0. The van der Waals surface area contributed by atoms with Gasteiger partial charge in [-0.25, -0.2) is 4.79 Å². The van der Waals surface area contributed by atoms with E-state index in [1.165, 1.54) is 6.07 Å². The van der Waals surface area contributed by atoms with E-state index in [0.29, 0.717) is 5.02 Å². The molecule has 0 atom stereocenters. The molecule has 0 bridgehead atoms. The first-order valence-electron chi connectivity index (χ1n) is 4.20. The maximum Gasteiger partial charge on any atom is 1.00 e. The maximum atomic E-state index is 10.8. The molecule has 0 aromatic heterocycles. The quantitative estimate of drug-likeness (QED) is 0.780. The molecule has 1 N–H and O–H groups in total. The Balaban J connectivity index is 0.00000128. The molecule has 0 saturated carbocycles. The van der Waals surface area contributed by atoms with Gasteiger partial charge in [0.1, 0.15) is 0 Å². The van der Waals surface area contributed by atoms with E-state index in [4.69, 9.17) is 28.3 Å².